The molecule has 0 radical (unpaired) electrons. The monoisotopic (exact) mass is 293 g/mol. The van der Waals surface area contributed by atoms with Crippen LogP contribution >= 0.6 is 11.6 Å². The average Bonchev–Trinajstić information content (AvgIpc) is 2.36. The lowest BCUT2D eigenvalue weighted by molar-refractivity contribution is -0.136. The molecular weight excluding hydrogens is 281 g/mol. The minimum atomic E-state index is -0.948. The Hall–Kier alpha value is -2.07. The molecule has 0 saturated carbocycles. The Bertz CT molecular complexity index is 638. The van der Waals surface area contributed by atoms with Gasteiger partial charge in [-0.25, -0.2) is 4.39 Å². The van der Waals surface area contributed by atoms with Crippen LogP contribution in [0.15, 0.2) is 36.4 Å². The van der Waals surface area contributed by atoms with Crippen molar-refractivity contribution in [3.05, 3.63) is 58.4 Å². The fraction of sp³-hybridized carbons (Fsp3) is 0.133. The molecule has 3 nitrogen and oxygen atoms in total. The van der Waals surface area contributed by atoms with Crippen molar-refractivity contribution >= 4 is 28.9 Å². The van der Waals surface area contributed by atoms with E-state index in [4.69, 9.17) is 16.7 Å². The van der Waals surface area contributed by atoms with Crippen LogP contribution in [-0.4, -0.2) is 11.1 Å². The highest BCUT2D eigenvalue weighted by molar-refractivity contribution is 6.33. The van der Waals surface area contributed by atoms with Crippen molar-refractivity contribution in [1.82, 2.24) is 0 Å². The molecule has 2 rings (SSSR count). The molecule has 0 aliphatic carbocycles. The first kappa shape index (κ1) is 14.3. The summed E-state index contributed by atoms with van der Waals surface area (Å²) >= 11 is 5.96. The fourth-order valence-corrected chi connectivity index (χ4v) is 2.09. The number of carbonyl (C=O) groups is 1. The summed E-state index contributed by atoms with van der Waals surface area (Å²) in [5.74, 6) is -1.43. The van der Waals surface area contributed by atoms with Gasteiger partial charge in [-0.15, -0.1) is 0 Å². The molecule has 0 heterocycles. The zero-order valence-electron chi connectivity index (χ0n) is 10.8. The van der Waals surface area contributed by atoms with E-state index in [1.54, 1.807) is 18.2 Å². The van der Waals surface area contributed by atoms with Crippen LogP contribution in [0.25, 0.3) is 0 Å². The number of aliphatic carboxylic acids is 1. The molecule has 104 valence electrons. The number of para-hydroxylation sites is 1. The molecule has 0 fully saturated rings. The summed E-state index contributed by atoms with van der Waals surface area (Å²) in [5.41, 5.74) is 2.20. The van der Waals surface area contributed by atoms with Gasteiger partial charge < -0.3 is 10.4 Å². The van der Waals surface area contributed by atoms with E-state index in [1.165, 1.54) is 12.1 Å². The average molecular weight is 294 g/mol. The van der Waals surface area contributed by atoms with Gasteiger partial charge in [-0.2, -0.15) is 0 Å². The van der Waals surface area contributed by atoms with E-state index in [2.05, 4.69) is 5.32 Å². The number of nitrogens with one attached hydrogen (secondary N) is 1. The maximum absolute atomic E-state index is 13.8. The quantitative estimate of drug-likeness (QED) is 0.890. The van der Waals surface area contributed by atoms with Gasteiger partial charge in [0.25, 0.3) is 0 Å². The molecule has 5 heteroatoms. The van der Waals surface area contributed by atoms with Crippen LogP contribution in [-0.2, 0) is 11.2 Å². The van der Waals surface area contributed by atoms with Crippen LogP contribution < -0.4 is 5.32 Å². The summed E-state index contributed by atoms with van der Waals surface area (Å²) in [6.07, 6.45) is -0.144. The third-order valence-electron chi connectivity index (χ3n) is 2.83. The third-order valence-corrected chi connectivity index (χ3v) is 3.14. The summed E-state index contributed by atoms with van der Waals surface area (Å²) in [6.45, 7) is 1.87. The van der Waals surface area contributed by atoms with Gasteiger partial charge in [0.2, 0.25) is 0 Å². The molecule has 0 bridgehead atoms. The Labute approximate surface area is 121 Å². The van der Waals surface area contributed by atoms with Crippen molar-refractivity contribution in [1.29, 1.82) is 0 Å². The first-order chi connectivity index (χ1) is 9.47. The molecule has 2 N–H and O–H groups in total. The van der Waals surface area contributed by atoms with Crippen LogP contribution in [0.1, 0.15) is 11.1 Å². The highest BCUT2D eigenvalue weighted by Gasteiger charge is 2.11. The van der Waals surface area contributed by atoms with E-state index in [9.17, 15) is 9.18 Å². The second kappa shape index (κ2) is 5.92. The molecule has 0 unspecified atom stereocenters. The van der Waals surface area contributed by atoms with Crippen molar-refractivity contribution in [3.63, 3.8) is 0 Å². The van der Waals surface area contributed by atoms with Gasteiger partial charge in [0, 0.05) is 5.69 Å². The third kappa shape index (κ3) is 3.27. The summed E-state index contributed by atoms with van der Waals surface area (Å²) in [4.78, 5) is 10.9. The number of anilines is 2. The SMILES string of the molecule is Cc1ccc(CC(=O)O)c(Nc2c(F)cccc2Cl)c1. The summed E-state index contributed by atoms with van der Waals surface area (Å²) in [6, 6.07) is 9.66. The van der Waals surface area contributed by atoms with Gasteiger partial charge in [0.1, 0.15) is 5.82 Å². The van der Waals surface area contributed by atoms with Gasteiger partial charge in [0.05, 0.1) is 17.1 Å². The van der Waals surface area contributed by atoms with Crippen molar-refractivity contribution < 1.29 is 14.3 Å². The number of carboxylic acids is 1. The summed E-state index contributed by atoms with van der Waals surface area (Å²) < 4.78 is 13.8. The molecule has 20 heavy (non-hydrogen) atoms. The number of halogens is 2. The van der Waals surface area contributed by atoms with Crippen molar-refractivity contribution in [2.24, 2.45) is 0 Å². The first-order valence-electron chi connectivity index (χ1n) is 5.99. The molecule has 0 atom stereocenters. The number of rotatable bonds is 4. The summed E-state index contributed by atoms with van der Waals surface area (Å²) in [7, 11) is 0. The van der Waals surface area contributed by atoms with Crippen LogP contribution in [0.4, 0.5) is 15.8 Å². The lowest BCUT2D eigenvalue weighted by Gasteiger charge is -2.14. The standard InChI is InChI=1S/C15H13ClFNO2/c1-9-5-6-10(8-14(19)20)13(7-9)18-15-11(16)3-2-4-12(15)17/h2-7,18H,8H2,1H3,(H,19,20). The lowest BCUT2D eigenvalue weighted by Crippen LogP contribution is -2.05. The molecule has 0 aliphatic rings. The second-order valence-electron chi connectivity index (χ2n) is 4.45. The Morgan fingerprint density at radius 2 is 2.10 bits per heavy atom. The normalized spacial score (nSPS) is 10.3. The van der Waals surface area contributed by atoms with Crippen molar-refractivity contribution in [2.75, 3.05) is 5.32 Å². The van der Waals surface area contributed by atoms with Gasteiger partial charge in [-0.1, -0.05) is 29.8 Å². The van der Waals surface area contributed by atoms with E-state index in [0.29, 0.717) is 11.3 Å². The number of aryl methyl sites for hydroxylation is 1. The number of hydrogen-bond acceptors (Lipinski definition) is 2. The largest absolute Gasteiger partial charge is 0.481 e. The van der Waals surface area contributed by atoms with Crippen molar-refractivity contribution in [3.8, 4) is 0 Å². The van der Waals surface area contributed by atoms with Gasteiger partial charge in [0.15, 0.2) is 0 Å². The second-order valence-corrected chi connectivity index (χ2v) is 4.86. The molecule has 0 spiro atoms. The highest BCUT2D eigenvalue weighted by Crippen LogP contribution is 2.30. The van der Waals surface area contributed by atoms with Crippen molar-refractivity contribution in [2.45, 2.75) is 13.3 Å². The van der Waals surface area contributed by atoms with E-state index in [-0.39, 0.29) is 17.1 Å². The number of carboxylic acid groups (broad SMARTS) is 1. The minimum absolute atomic E-state index is 0.144. The van der Waals surface area contributed by atoms with Gasteiger partial charge in [-0.05, 0) is 36.2 Å². The zero-order valence-corrected chi connectivity index (χ0v) is 11.5. The molecule has 2 aromatic carbocycles. The number of hydrogen-bond donors (Lipinski definition) is 2. The van der Waals surface area contributed by atoms with Gasteiger partial charge in [-0.3, -0.25) is 4.79 Å². The number of benzene rings is 2. The fourth-order valence-electron chi connectivity index (χ4n) is 1.88. The van der Waals surface area contributed by atoms with Crippen LogP contribution in [0.5, 0.6) is 0 Å². The molecule has 0 saturated heterocycles. The lowest BCUT2D eigenvalue weighted by atomic mass is 10.1. The van der Waals surface area contributed by atoms with E-state index < -0.39 is 11.8 Å². The van der Waals surface area contributed by atoms with Crippen LogP contribution in [0.3, 0.4) is 0 Å². The topological polar surface area (TPSA) is 49.3 Å². The molecular formula is C15H13ClFNO2. The Morgan fingerprint density at radius 1 is 1.35 bits per heavy atom. The highest BCUT2D eigenvalue weighted by atomic mass is 35.5. The van der Waals surface area contributed by atoms with E-state index in [1.807, 2.05) is 13.0 Å². The maximum Gasteiger partial charge on any atom is 0.307 e. The summed E-state index contributed by atoms with van der Waals surface area (Å²) in [5, 5.41) is 12.0. The van der Waals surface area contributed by atoms with E-state index in [0.717, 1.165) is 5.56 Å². The van der Waals surface area contributed by atoms with Gasteiger partial charge >= 0.3 is 5.97 Å². The molecule has 0 aliphatic heterocycles. The minimum Gasteiger partial charge on any atom is -0.481 e. The smallest absolute Gasteiger partial charge is 0.307 e. The maximum atomic E-state index is 13.8. The van der Waals surface area contributed by atoms with E-state index >= 15 is 0 Å². The Balaban J connectivity index is 2.42. The molecule has 0 aromatic heterocycles. The zero-order chi connectivity index (χ0) is 14.7. The Morgan fingerprint density at radius 3 is 2.75 bits per heavy atom. The molecule has 2 aromatic rings. The van der Waals surface area contributed by atoms with Crippen LogP contribution in [0.2, 0.25) is 5.02 Å². The van der Waals surface area contributed by atoms with Crippen LogP contribution in [0, 0.1) is 12.7 Å². The predicted octanol–water partition coefficient (Wildman–Crippen LogP) is 4.16. The predicted molar refractivity (Wildman–Crippen MR) is 77.2 cm³/mol. The first-order valence-corrected chi connectivity index (χ1v) is 6.37. The Kier molecular flexibility index (Phi) is 4.25. The molecule has 0 amide bonds.